The van der Waals surface area contributed by atoms with Gasteiger partial charge in [-0.2, -0.15) is 0 Å². The second-order valence-electron chi connectivity index (χ2n) is 4.75. The van der Waals surface area contributed by atoms with Crippen molar-refractivity contribution in [3.63, 3.8) is 0 Å². The lowest BCUT2D eigenvalue weighted by Gasteiger charge is -2.22. The summed E-state index contributed by atoms with van der Waals surface area (Å²) >= 11 is 0. The monoisotopic (exact) mass is 305 g/mol. The standard InChI is InChI=1S/C12H21NO4.CH2O3/c1-9(14)16-10(2)17-12(15)13-8-11-6-4-3-5-7-11;2-1(3)4/h10-11H,3-8H2,1-2H3,(H,13,15);(H2,2,3,4). The number of carbonyl (C=O) groups excluding carboxylic acids is 2. The van der Waals surface area contributed by atoms with E-state index in [0.717, 1.165) is 0 Å². The van der Waals surface area contributed by atoms with Crippen molar-refractivity contribution in [3.8, 4) is 0 Å². The van der Waals surface area contributed by atoms with E-state index in [1.165, 1.54) is 46.0 Å². The van der Waals surface area contributed by atoms with Crippen LogP contribution in [0.2, 0.25) is 0 Å². The van der Waals surface area contributed by atoms with Crippen LogP contribution in [0.4, 0.5) is 9.59 Å². The second-order valence-corrected chi connectivity index (χ2v) is 4.75. The third-order valence-corrected chi connectivity index (χ3v) is 2.86. The number of carbonyl (C=O) groups is 3. The van der Waals surface area contributed by atoms with Crippen molar-refractivity contribution < 1.29 is 34.1 Å². The quantitative estimate of drug-likeness (QED) is 0.538. The first-order chi connectivity index (χ1) is 9.81. The molecule has 1 fully saturated rings. The number of rotatable bonds is 4. The summed E-state index contributed by atoms with van der Waals surface area (Å²) < 4.78 is 9.55. The van der Waals surface area contributed by atoms with Gasteiger partial charge in [-0.1, -0.05) is 19.3 Å². The largest absolute Gasteiger partial charge is 0.503 e. The number of esters is 1. The van der Waals surface area contributed by atoms with Gasteiger partial charge in [-0.3, -0.25) is 4.79 Å². The Morgan fingerprint density at radius 1 is 1.14 bits per heavy atom. The van der Waals surface area contributed by atoms with E-state index in [4.69, 9.17) is 24.5 Å². The number of alkyl carbamates (subject to hydrolysis) is 1. The average Bonchev–Trinajstić information content (AvgIpc) is 2.36. The zero-order chi connectivity index (χ0) is 16.3. The molecule has 1 atom stereocenters. The lowest BCUT2D eigenvalue weighted by molar-refractivity contribution is -0.162. The summed E-state index contributed by atoms with van der Waals surface area (Å²) in [7, 11) is 0. The topological polar surface area (TPSA) is 122 Å². The van der Waals surface area contributed by atoms with Crippen LogP contribution >= 0.6 is 0 Å². The lowest BCUT2D eigenvalue weighted by Crippen LogP contribution is -2.33. The number of ether oxygens (including phenoxy) is 2. The van der Waals surface area contributed by atoms with Crippen LogP contribution in [-0.2, 0) is 14.3 Å². The fourth-order valence-electron chi connectivity index (χ4n) is 2.07. The first-order valence-electron chi connectivity index (χ1n) is 6.84. The summed E-state index contributed by atoms with van der Waals surface area (Å²) in [5.41, 5.74) is 0. The molecular formula is C13H23NO7. The Labute approximate surface area is 123 Å². The van der Waals surface area contributed by atoms with Gasteiger partial charge in [0.2, 0.25) is 6.29 Å². The van der Waals surface area contributed by atoms with Crippen molar-refractivity contribution in [2.45, 2.75) is 52.2 Å². The Balaban J connectivity index is 0.000000885. The van der Waals surface area contributed by atoms with Gasteiger partial charge in [0.15, 0.2) is 0 Å². The minimum Gasteiger partial charge on any atom is -0.450 e. The molecule has 1 saturated carbocycles. The van der Waals surface area contributed by atoms with Gasteiger partial charge in [-0.25, -0.2) is 9.59 Å². The van der Waals surface area contributed by atoms with E-state index in [1.807, 2.05) is 0 Å². The van der Waals surface area contributed by atoms with Gasteiger partial charge in [0.05, 0.1) is 0 Å². The molecule has 0 heterocycles. The number of hydrogen-bond donors (Lipinski definition) is 3. The van der Waals surface area contributed by atoms with Crippen LogP contribution in [-0.4, -0.2) is 41.3 Å². The molecule has 0 aromatic rings. The first-order valence-corrected chi connectivity index (χ1v) is 6.84. The molecule has 1 aliphatic carbocycles. The summed E-state index contributed by atoms with van der Waals surface area (Å²) in [5.74, 6) is 0.0953. The highest BCUT2D eigenvalue weighted by Crippen LogP contribution is 2.22. The van der Waals surface area contributed by atoms with Crippen LogP contribution in [0.5, 0.6) is 0 Å². The molecule has 8 heteroatoms. The van der Waals surface area contributed by atoms with Gasteiger partial charge in [0.25, 0.3) is 0 Å². The summed E-state index contributed by atoms with van der Waals surface area (Å²) in [4.78, 5) is 30.5. The average molecular weight is 305 g/mol. The molecule has 1 unspecified atom stereocenters. The summed E-state index contributed by atoms with van der Waals surface area (Å²) in [5, 5.41) is 16.6. The molecule has 21 heavy (non-hydrogen) atoms. The maximum atomic E-state index is 11.4. The third kappa shape index (κ3) is 12.8. The van der Waals surface area contributed by atoms with Gasteiger partial charge < -0.3 is 25.0 Å². The van der Waals surface area contributed by atoms with Crippen molar-refractivity contribution in [2.24, 2.45) is 5.92 Å². The molecule has 0 bridgehead atoms. The van der Waals surface area contributed by atoms with E-state index < -0.39 is 24.5 Å². The fraction of sp³-hybridized carbons (Fsp3) is 0.769. The summed E-state index contributed by atoms with van der Waals surface area (Å²) in [6.07, 6.45) is 2.92. The van der Waals surface area contributed by atoms with Crippen molar-refractivity contribution in [2.75, 3.05) is 6.54 Å². The zero-order valence-corrected chi connectivity index (χ0v) is 12.3. The van der Waals surface area contributed by atoms with E-state index in [0.29, 0.717) is 12.5 Å². The van der Waals surface area contributed by atoms with E-state index in [9.17, 15) is 9.59 Å². The van der Waals surface area contributed by atoms with Gasteiger partial charge >= 0.3 is 18.2 Å². The molecule has 0 saturated heterocycles. The number of amides is 1. The first kappa shape index (κ1) is 19.0. The Bertz CT molecular complexity index is 335. The minimum absolute atomic E-state index is 0.461. The molecule has 0 aromatic heterocycles. The van der Waals surface area contributed by atoms with Gasteiger partial charge in [-0.05, 0) is 18.8 Å². The SMILES string of the molecule is CC(=O)OC(C)OC(=O)NCC1CCCCC1.O=C(O)O. The molecular weight excluding hydrogens is 282 g/mol. The van der Waals surface area contributed by atoms with Crippen LogP contribution in [0.3, 0.4) is 0 Å². The smallest absolute Gasteiger partial charge is 0.450 e. The normalized spacial score (nSPS) is 15.9. The molecule has 0 aliphatic heterocycles. The Morgan fingerprint density at radius 2 is 1.67 bits per heavy atom. The maximum absolute atomic E-state index is 11.4. The number of nitrogens with one attached hydrogen (secondary N) is 1. The molecule has 3 N–H and O–H groups in total. The van der Waals surface area contributed by atoms with Gasteiger partial charge in [0, 0.05) is 20.4 Å². The van der Waals surface area contributed by atoms with Crippen molar-refractivity contribution >= 4 is 18.2 Å². The zero-order valence-electron chi connectivity index (χ0n) is 12.3. The fourth-order valence-corrected chi connectivity index (χ4v) is 2.07. The second kappa shape index (κ2) is 10.8. The number of carboxylic acid groups (broad SMARTS) is 2. The summed E-state index contributed by atoms with van der Waals surface area (Å²) in [6, 6.07) is 0. The van der Waals surface area contributed by atoms with Crippen LogP contribution < -0.4 is 5.32 Å². The molecule has 1 amide bonds. The molecule has 1 rings (SSSR count). The Morgan fingerprint density at radius 3 is 2.14 bits per heavy atom. The molecule has 8 nitrogen and oxygen atoms in total. The maximum Gasteiger partial charge on any atom is 0.503 e. The molecule has 122 valence electrons. The van der Waals surface area contributed by atoms with E-state index in [1.54, 1.807) is 0 Å². The predicted octanol–water partition coefficient (Wildman–Crippen LogP) is 2.42. The van der Waals surface area contributed by atoms with E-state index in [-0.39, 0.29) is 0 Å². The highest BCUT2D eigenvalue weighted by atomic mass is 16.7. The van der Waals surface area contributed by atoms with Gasteiger partial charge in [0.1, 0.15) is 0 Å². The van der Waals surface area contributed by atoms with Crippen LogP contribution in [0.25, 0.3) is 0 Å². The van der Waals surface area contributed by atoms with E-state index >= 15 is 0 Å². The third-order valence-electron chi connectivity index (χ3n) is 2.86. The predicted molar refractivity (Wildman–Crippen MR) is 72.9 cm³/mol. The summed E-state index contributed by atoms with van der Waals surface area (Å²) in [6.45, 7) is 3.44. The highest BCUT2D eigenvalue weighted by molar-refractivity contribution is 5.68. The van der Waals surface area contributed by atoms with Crippen molar-refractivity contribution in [3.05, 3.63) is 0 Å². The minimum atomic E-state index is -1.83. The van der Waals surface area contributed by atoms with Crippen molar-refractivity contribution in [1.29, 1.82) is 0 Å². The molecule has 0 spiro atoms. The lowest BCUT2D eigenvalue weighted by atomic mass is 9.89. The Kier molecular flexibility index (Phi) is 9.74. The van der Waals surface area contributed by atoms with Crippen molar-refractivity contribution in [1.82, 2.24) is 5.32 Å². The van der Waals surface area contributed by atoms with Crippen LogP contribution in [0.15, 0.2) is 0 Å². The van der Waals surface area contributed by atoms with Gasteiger partial charge in [-0.15, -0.1) is 0 Å². The van der Waals surface area contributed by atoms with E-state index in [2.05, 4.69) is 5.32 Å². The number of hydrogen-bond acceptors (Lipinski definition) is 5. The molecule has 0 aromatic carbocycles. The van der Waals surface area contributed by atoms with Crippen LogP contribution in [0, 0.1) is 5.92 Å². The molecule has 1 aliphatic rings. The van der Waals surface area contributed by atoms with Crippen LogP contribution in [0.1, 0.15) is 46.0 Å². The Hall–Kier alpha value is -1.99. The highest BCUT2D eigenvalue weighted by Gasteiger charge is 2.16. The molecule has 0 radical (unpaired) electrons.